The second-order valence-corrected chi connectivity index (χ2v) is 5.96. The van der Waals surface area contributed by atoms with E-state index in [1.165, 1.54) is 12.8 Å². The van der Waals surface area contributed by atoms with Crippen LogP contribution in [-0.2, 0) is 4.74 Å². The number of rotatable bonds is 10. The van der Waals surface area contributed by atoms with E-state index in [9.17, 15) is 0 Å². The SMILES string of the molecule is CCC(CC)(CNC(C)C)CN(C)C(C)COC. The first-order valence-corrected chi connectivity index (χ1v) is 7.33. The van der Waals surface area contributed by atoms with Gasteiger partial charge in [0.15, 0.2) is 0 Å². The summed E-state index contributed by atoms with van der Waals surface area (Å²) in [6.07, 6.45) is 2.43. The Labute approximate surface area is 114 Å². The van der Waals surface area contributed by atoms with Crippen molar-refractivity contribution in [2.24, 2.45) is 5.41 Å². The maximum atomic E-state index is 5.25. The molecule has 1 atom stereocenters. The molecule has 110 valence electrons. The van der Waals surface area contributed by atoms with Crippen LogP contribution in [0.1, 0.15) is 47.5 Å². The van der Waals surface area contributed by atoms with Gasteiger partial charge in [-0.2, -0.15) is 0 Å². The molecule has 0 fully saturated rings. The first-order valence-electron chi connectivity index (χ1n) is 7.33. The number of ether oxygens (including phenoxy) is 1. The zero-order valence-corrected chi connectivity index (χ0v) is 13.5. The monoisotopic (exact) mass is 258 g/mol. The predicted octanol–water partition coefficient (Wildman–Crippen LogP) is 2.76. The van der Waals surface area contributed by atoms with Crippen LogP contribution in [-0.4, -0.2) is 50.8 Å². The van der Waals surface area contributed by atoms with Crippen LogP contribution >= 0.6 is 0 Å². The zero-order valence-electron chi connectivity index (χ0n) is 13.5. The third-order valence-corrected chi connectivity index (χ3v) is 4.13. The Morgan fingerprint density at radius 3 is 2.11 bits per heavy atom. The van der Waals surface area contributed by atoms with Crippen molar-refractivity contribution in [1.82, 2.24) is 10.2 Å². The maximum Gasteiger partial charge on any atom is 0.0615 e. The van der Waals surface area contributed by atoms with Crippen molar-refractivity contribution in [2.75, 3.05) is 33.9 Å². The van der Waals surface area contributed by atoms with Crippen molar-refractivity contribution in [3.05, 3.63) is 0 Å². The van der Waals surface area contributed by atoms with Gasteiger partial charge in [0.1, 0.15) is 0 Å². The molecule has 0 saturated carbocycles. The van der Waals surface area contributed by atoms with Gasteiger partial charge < -0.3 is 15.0 Å². The van der Waals surface area contributed by atoms with Crippen LogP contribution in [0.3, 0.4) is 0 Å². The molecule has 0 spiro atoms. The van der Waals surface area contributed by atoms with Crippen LogP contribution in [0.25, 0.3) is 0 Å². The Hall–Kier alpha value is -0.120. The lowest BCUT2D eigenvalue weighted by Crippen LogP contribution is -2.47. The molecule has 18 heavy (non-hydrogen) atoms. The molecule has 0 aliphatic carbocycles. The van der Waals surface area contributed by atoms with Crippen molar-refractivity contribution in [1.29, 1.82) is 0 Å². The van der Waals surface area contributed by atoms with Gasteiger partial charge in [0.05, 0.1) is 6.61 Å². The largest absolute Gasteiger partial charge is 0.383 e. The van der Waals surface area contributed by atoms with E-state index >= 15 is 0 Å². The Bertz CT molecular complexity index is 203. The second-order valence-electron chi connectivity index (χ2n) is 5.96. The lowest BCUT2D eigenvalue weighted by molar-refractivity contribution is 0.0747. The van der Waals surface area contributed by atoms with Gasteiger partial charge in [0.25, 0.3) is 0 Å². The third-order valence-electron chi connectivity index (χ3n) is 4.13. The van der Waals surface area contributed by atoms with E-state index in [0.29, 0.717) is 17.5 Å². The summed E-state index contributed by atoms with van der Waals surface area (Å²) in [5.41, 5.74) is 0.376. The minimum absolute atomic E-state index is 0.376. The molecule has 3 nitrogen and oxygen atoms in total. The van der Waals surface area contributed by atoms with E-state index in [1.807, 2.05) is 0 Å². The third kappa shape index (κ3) is 6.17. The van der Waals surface area contributed by atoms with E-state index in [1.54, 1.807) is 7.11 Å². The molecule has 0 saturated heterocycles. The van der Waals surface area contributed by atoms with Crippen LogP contribution in [0.4, 0.5) is 0 Å². The lowest BCUT2D eigenvalue weighted by Gasteiger charge is -2.38. The molecular formula is C15H34N2O. The van der Waals surface area contributed by atoms with Crippen LogP contribution in [0.2, 0.25) is 0 Å². The van der Waals surface area contributed by atoms with Crippen LogP contribution in [0, 0.1) is 5.41 Å². The Morgan fingerprint density at radius 2 is 1.72 bits per heavy atom. The van der Waals surface area contributed by atoms with Crippen molar-refractivity contribution in [3.8, 4) is 0 Å². The first kappa shape index (κ1) is 17.9. The topological polar surface area (TPSA) is 24.5 Å². The molecule has 0 heterocycles. The Kier molecular flexibility index (Phi) is 8.83. The van der Waals surface area contributed by atoms with Gasteiger partial charge in [-0.1, -0.05) is 27.7 Å². The zero-order chi connectivity index (χ0) is 14.2. The molecule has 0 amide bonds. The van der Waals surface area contributed by atoms with Gasteiger partial charge in [0.2, 0.25) is 0 Å². The summed E-state index contributed by atoms with van der Waals surface area (Å²) in [7, 11) is 3.98. The highest BCUT2D eigenvalue weighted by Crippen LogP contribution is 2.27. The number of methoxy groups -OCH3 is 1. The van der Waals surface area contributed by atoms with E-state index in [4.69, 9.17) is 4.74 Å². The van der Waals surface area contributed by atoms with E-state index < -0.39 is 0 Å². The average molecular weight is 258 g/mol. The first-order chi connectivity index (χ1) is 8.40. The molecule has 0 aromatic rings. The number of hydrogen-bond acceptors (Lipinski definition) is 3. The molecule has 1 unspecified atom stereocenters. The molecule has 0 aliphatic heterocycles. The molecular weight excluding hydrogens is 224 g/mol. The quantitative estimate of drug-likeness (QED) is 0.652. The van der Waals surface area contributed by atoms with Crippen molar-refractivity contribution in [2.45, 2.75) is 59.5 Å². The summed E-state index contributed by atoms with van der Waals surface area (Å²) in [5.74, 6) is 0. The minimum atomic E-state index is 0.376. The summed E-state index contributed by atoms with van der Waals surface area (Å²) < 4.78 is 5.25. The molecule has 0 rings (SSSR count). The standard InChI is InChI=1S/C15H34N2O/c1-8-15(9-2,11-16-13(3)4)12-17(6)14(5)10-18-7/h13-14,16H,8-12H2,1-7H3. The van der Waals surface area contributed by atoms with Crippen LogP contribution in [0.15, 0.2) is 0 Å². The fourth-order valence-corrected chi connectivity index (χ4v) is 2.25. The summed E-state index contributed by atoms with van der Waals surface area (Å²) >= 11 is 0. The Balaban J connectivity index is 4.48. The maximum absolute atomic E-state index is 5.25. The molecule has 0 aromatic carbocycles. The van der Waals surface area contributed by atoms with E-state index in [0.717, 1.165) is 19.7 Å². The molecule has 0 aliphatic rings. The van der Waals surface area contributed by atoms with Crippen molar-refractivity contribution >= 4 is 0 Å². The number of likely N-dealkylation sites (N-methyl/N-ethyl adjacent to an activating group) is 1. The molecule has 3 heteroatoms. The minimum Gasteiger partial charge on any atom is -0.383 e. The molecule has 1 N–H and O–H groups in total. The predicted molar refractivity (Wildman–Crippen MR) is 80.1 cm³/mol. The van der Waals surface area contributed by atoms with Gasteiger partial charge in [0, 0.05) is 32.3 Å². The summed E-state index contributed by atoms with van der Waals surface area (Å²) in [4.78, 5) is 2.43. The highest BCUT2D eigenvalue weighted by atomic mass is 16.5. The van der Waals surface area contributed by atoms with E-state index in [2.05, 4.69) is 51.9 Å². The summed E-state index contributed by atoms with van der Waals surface area (Å²) in [5, 5.41) is 3.61. The van der Waals surface area contributed by atoms with Crippen molar-refractivity contribution < 1.29 is 4.74 Å². The lowest BCUT2D eigenvalue weighted by atomic mass is 9.81. The number of hydrogen-bond donors (Lipinski definition) is 1. The van der Waals surface area contributed by atoms with Gasteiger partial charge in [-0.25, -0.2) is 0 Å². The highest BCUT2D eigenvalue weighted by Gasteiger charge is 2.29. The Morgan fingerprint density at radius 1 is 1.17 bits per heavy atom. The molecule has 0 bridgehead atoms. The average Bonchev–Trinajstić information content (AvgIpc) is 2.34. The van der Waals surface area contributed by atoms with Crippen LogP contribution < -0.4 is 5.32 Å². The fourth-order valence-electron chi connectivity index (χ4n) is 2.25. The molecule has 0 aromatic heterocycles. The van der Waals surface area contributed by atoms with Gasteiger partial charge >= 0.3 is 0 Å². The number of nitrogens with zero attached hydrogens (tertiary/aromatic N) is 1. The van der Waals surface area contributed by atoms with Gasteiger partial charge in [-0.15, -0.1) is 0 Å². The summed E-state index contributed by atoms with van der Waals surface area (Å²) in [6.45, 7) is 14.3. The van der Waals surface area contributed by atoms with Gasteiger partial charge in [-0.05, 0) is 32.2 Å². The fraction of sp³-hybridized carbons (Fsp3) is 1.00. The van der Waals surface area contributed by atoms with Crippen LogP contribution in [0.5, 0.6) is 0 Å². The van der Waals surface area contributed by atoms with Gasteiger partial charge in [-0.3, -0.25) is 0 Å². The normalized spacial score (nSPS) is 14.5. The van der Waals surface area contributed by atoms with E-state index in [-0.39, 0.29) is 0 Å². The van der Waals surface area contributed by atoms with Crippen molar-refractivity contribution in [3.63, 3.8) is 0 Å². The molecule has 0 radical (unpaired) electrons. The number of nitrogens with one attached hydrogen (secondary N) is 1. The smallest absolute Gasteiger partial charge is 0.0615 e. The highest BCUT2D eigenvalue weighted by molar-refractivity contribution is 4.84. The summed E-state index contributed by atoms with van der Waals surface area (Å²) in [6, 6.07) is 1.04. The second kappa shape index (κ2) is 8.89.